The second kappa shape index (κ2) is 6.28. The van der Waals surface area contributed by atoms with Crippen molar-refractivity contribution in [1.82, 2.24) is 0 Å². The molecule has 0 spiro atoms. The molecule has 24 heavy (non-hydrogen) atoms. The molecule has 0 aliphatic heterocycles. The number of rotatable bonds is 4. The third-order valence-corrected chi connectivity index (χ3v) is 6.40. The number of sulfone groups is 1. The quantitative estimate of drug-likeness (QED) is 0.851. The first-order chi connectivity index (χ1) is 11.5. The van der Waals surface area contributed by atoms with Crippen LogP contribution >= 0.6 is 0 Å². The number of ketones is 1. The third-order valence-electron chi connectivity index (χ3n) is 4.27. The third kappa shape index (κ3) is 2.67. The first-order valence-corrected chi connectivity index (χ1v) is 9.11. The Hall–Kier alpha value is -2.34. The van der Waals surface area contributed by atoms with E-state index in [9.17, 15) is 13.2 Å². The summed E-state index contributed by atoms with van der Waals surface area (Å²) < 4.78 is 36.2. The van der Waals surface area contributed by atoms with Crippen molar-refractivity contribution in [2.75, 3.05) is 14.2 Å². The Morgan fingerprint density at radius 1 is 1.04 bits per heavy atom. The topological polar surface area (TPSA) is 69.7 Å². The zero-order valence-electron chi connectivity index (χ0n) is 13.5. The Kier molecular flexibility index (Phi) is 4.32. The number of hydrogen-bond acceptors (Lipinski definition) is 5. The van der Waals surface area contributed by atoms with Crippen LogP contribution < -0.4 is 9.47 Å². The van der Waals surface area contributed by atoms with Gasteiger partial charge in [0.1, 0.15) is 16.7 Å². The van der Waals surface area contributed by atoms with Crippen LogP contribution in [0.2, 0.25) is 0 Å². The van der Waals surface area contributed by atoms with Crippen molar-refractivity contribution in [3.05, 3.63) is 53.6 Å². The maximum Gasteiger partial charge on any atom is 0.188 e. The first-order valence-electron chi connectivity index (χ1n) is 7.57. The van der Waals surface area contributed by atoms with Gasteiger partial charge in [-0.25, -0.2) is 8.42 Å². The molecule has 1 atom stereocenters. The number of hydrogen-bond donors (Lipinski definition) is 0. The molecule has 0 aromatic heterocycles. The van der Waals surface area contributed by atoms with Gasteiger partial charge in [0.2, 0.25) is 0 Å². The number of Topliss-reactive ketones (excluding diaryl/α,β-unsaturated/α-hetero) is 1. The number of carbonyl (C=O) groups excluding carboxylic acids is 1. The molecule has 1 aliphatic carbocycles. The molecule has 3 rings (SSSR count). The van der Waals surface area contributed by atoms with E-state index in [1.54, 1.807) is 30.3 Å². The molecule has 2 aromatic carbocycles. The number of benzene rings is 2. The summed E-state index contributed by atoms with van der Waals surface area (Å²) >= 11 is 0. The predicted octanol–water partition coefficient (Wildman–Crippen LogP) is 2.68. The van der Waals surface area contributed by atoms with Crippen LogP contribution in [0, 0.1) is 0 Å². The number of aryl methyl sites for hydroxylation is 1. The van der Waals surface area contributed by atoms with Gasteiger partial charge < -0.3 is 9.47 Å². The van der Waals surface area contributed by atoms with E-state index in [4.69, 9.17) is 9.47 Å². The molecule has 2 aromatic rings. The van der Waals surface area contributed by atoms with Gasteiger partial charge in [0, 0.05) is 6.07 Å². The Labute approximate surface area is 141 Å². The van der Waals surface area contributed by atoms with Crippen LogP contribution in [0.25, 0.3) is 0 Å². The van der Waals surface area contributed by atoms with Crippen molar-refractivity contribution >= 4 is 15.6 Å². The van der Waals surface area contributed by atoms with Crippen LogP contribution in [0.3, 0.4) is 0 Å². The molecule has 0 fully saturated rings. The Balaban J connectivity index is 2.07. The monoisotopic (exact) mass is 346 g/mol. The average molecular weight is 346 g/mol. The van der Waals surface area contributed by atoms with E-state index in [0.717, 1.165) is 5.56 Å². The van der Waals surface area contributed by atoms with E-state index >= 15 is 0 Å². The van der Waals surface area contributed by atoms with Crippen molar-refractivity contribution in [2.45, 2.75) is 23.0 Å². The lowest BCUT2D eigenvalue weighted by molar-refractivity contribution is 0.0973. The van der Waals surface area contributed by atoms with Crippen molar-refractivity contribution in [3.8, 4) is 11.5 Å². The highest BCUT2D eigenvalue weighted by Gasteiger charge is 2.39. The Morgan fingerprint density at radius 2 is 1.75 bits per heavy atom. The highest BCUT2D eigenvalue weighted by molar-refractivity contribution is 7.92. The summed E-state index contributed by atoms with van der Waals surface area (Å²) in [6.07, 6.45) is 0.727. The van der Waals surface area contributed by atoms with Gasteiger partial charge >= 0.3 is 0 Å². The second-order valence-corrected chi connectivity index (χ2v) is 7.74. The van der Waals surface area contributed by atoms with E-state index in [0.29, 0.717) is 23.5 Å². The summed E-state index contributed by atoms with van der Waals surface area (Å²) in [6.45, 7) is 0. The molecule has 126 valence electrons. The van der Waals surface area contributed by atoms with Gasteiger partial charge in [-0.15, -0.1) is 0 Å². The van der Waals surface area contributed by atoms with Crippen LogP contribution in [0.5, 0.6) is 11.5 Å². The Morgan fingerprint density at radius 3 is 2.38 bits per heavy atom. The molecule has 0 saturated carbocycles. The zero-order valence-corrected chi connectivity index (χ0v) is 14.3. The van der Waals surface area contributed by atoms with Crippen LogP contribution in [-0.4, -0.2) is 33.7 Å². The highest BCUT2D eigenvalue weighted by Crippen LogP contribution is 2.37. The van der Waals surface area contributed by atoms with Gasteiger partial charge in [-0.3, -0.25) is 4.79 Å². The molecule has 0 bridgehead atoms. The minimum atomic E-state index is -3.73. The molecule has 6 heteroatoms. The number of methoxy groups -OCH3 is 2. The molecule has 5 nitrogen and oxygen atoms in total. The van der Waals surface area contributed by atoms with E-state index in [1.807, 2.05) is 0 Å². The van der Waals surface area contributed by atoms with Gasteiger partial charge in [0.15, 0.2) is 15.6 Å². The zero-order chi connectivity index (χ0) is 17.3. The van der Waals surface area contributed by atoms with Gasteiger partial charge in [-0.1, -0.05) is 18.2 Å². The Bertz CT molecular complexity index is 855. The fraction of sp³-hybridized carbons (Fsp3) is 0.278. The molecule has 0 amide bonds. The second-order valence-electron chi connectivity index (χ2n) is 5.61. The number of fused-ring (bicyclic) bond motifs is 1. The smallest absolute Gasteiger partial charge is 0.188 e. The van der Waals surface area contributed by atoms with Gasteiger partial charge in [0.25, 0.3) is 0 Å². The lowest BCUT2D eigenvalue weighted by Gasteiger charge is -2.25. The maximum atomic E-state index is 12.9. The summed E-state index contributed by atoms with van der Waals surface area (Å²) in [6, 6.07) is 11.5. The molecular formula is C18H18O5S. The van der Waals surface area contributed by atoms with E-state index < -0.39 is 20.9 Å². The van der Waals surface area contributed by atoms with E-state index in [-0.39, 0.29) is 11.3 Å². The summed E-state index contributed by atoms with van der Waals surface area (Å²) in [5.41, 5.74) is 1.10. The SMILES string of the molecule is COc1cc2c(c(OC)c1)C(=O)C(S(=O)(=O)c1ccccc1)CC2. The minimum Gasteiger partial charge on any atom is -0.497 e. The standard InChI is InChI=1S/C18H18O5S/c1-22-13-10-12-8-9-16(18(19)17(12)15(11-13)23-2)24(20,21)14-6-4-3-5-7-14/h3-7,10-11,16H,8-9H2,1-2H3. The average Bonchev–Trinajstić information content (AvgIpc) is 2.61. The van der Waals surface area contributed by atoms with Gasteiger partial charge in [-0.2, -0.15) is 0 Å². The van der Waals surface area contributed by atoms with Crippen molar-refractivity contribution < 1.29 is 22.7 Å². The molecular weight excluding hydrogens is 328 g/mol. The fourth-order valence-corrected chi connectivity index (χ4v) is 4.74. The normalized spacial score (nSPS) is 17.2. The van der Waals surface area contributed by atoms with Gasteiger partial charge in [-0.05, 0) is 36.6 Å². The van der Waals surface area contributed by atoms with Crippen molar-refractivity contribution in [1.29, 1.82) is 0 Å². The van der Waals surface area contributed by atoms with Gasteiger partial charge in [0.05, 0.1) is 24.7 Å². The highest BCUT2D eigenvalue weighted by atomic mass is 32.2. The molecule has 1 aliphatic rings. The summed E-state index contributed by atoms with van der Waals surface area (Å²) in [5.74, 6) is 0.518. The lowest BCUT2D eigenvalue weighted by atomic mass is 9.89. The molecule has 0 saturated heterocycles. The van der Waals surface area contributed by atoms with Crippen LogP contribution in [-0.2, 0) is 16.3 Å². The molecule has 0 N–H and O–H groups in total. The molecule has 1 unspecified atom stereocenters. The van der Waals surface area contributed by atoms with Crippen LogP contribution in [0.15, 0.2) is 47.4 Å². The van der Waals surface area contributed by atoms with Crippen LogP contribution in [0.1, 0.15) is 22.3 Å². The van der Waals surface area contributed by atoms with Crippen molar-refractivity contribution in [3.63, 3.8) is 0 Å². The largest absolute Gasteiger partial charge is 0.497 e. The lowest BCUT2D eigenvalue weighted by Crippen LogP contribution is -2.35. The van der Waals surface area contributed by atoms with Crippen LogP contribution in [0.4, 0.5) is 0 Å². The number of carbonyl (C=O) groups is 1. The summed E-state index contributed by atoms with van der Waals surface area (Å²) in [7, 11) is -0.739. The molecule has 0 heterocycles. The maximum absolute atomic E-state index is 12.9. The fourth-order valence-electron chi connectivity index (χ4n) is 3.05. The predicted molar refractivity (Wildman–Crippen MR) is 89.6 cm³/mol. The first kappa shape index (κ1) is 16.5. The summed E-state index contributed by atoms with van der Waals surface area (Å²) in [4.78, 5) is 13.1. The number of ether oxygens (including phenoxy) is 2. The van der Waals surface area contributed by atoms with E-state index in [2.05, 4.69) is 0 Å². The molecule has 0 radical (unpaired) electrons. The minimum absolute atomic E-state index is 0.166. The van der Waals surface area contributed by atoms with E-state index in [1.165, 1.54) is 26.4 Å². The summed E-state index contributed by atoms with van der Waals surface area (Å²) in [5, 5.41) is -1.09. The van der Waals surface area contributed by atoms with Crippen molar-refractivity contribution in [2.24, 2.45) is 0 Å².